The molecule has 1 heterocycles. The maximum absolute atomic E-state index is 12.3. The molecule has 8 heteroatoms. The highest BCUT2D eigenvalue weighted by Crippen LogP contribution is 2.37. The standard InChI is InChI=1S/C13H20N2O4S2/c1-13(2,20-3)8-14-21(18,19)10-6-11(12(16)17)15(7-10)9-4-5-9/h6-7,9,14H,4-5,8H2,1-3H3,(H,16,17). The first-order valence-corrected chi connectivity index (χ1v) is 9.37. The van der Waals surface area contributed by atoms with E-state index in [0.29, 0.717) is 0 Å². The van der Waals surface area contributed by atoms with Crippen LogP contribution in [0.25, 0.3) is 0 Å². The molecule has 0 aromatic carbocycles. The van der Waals surface area contributed by atoms with Crippen molar-refractivity contribution in [1.82, 2.24) is 9.29 Å². The van der Waals surface area contributed by atoms with Gasteiger partial charge in [0.05, 0.1) is 0 Å². The summed E-state index contributed by atoms with van der Waals surface area (Å²) in [7, 11) is -3.69. The average Bonchev–Trinajstić information content (AvgIpc) is 3.14. The van der Waals surface area contributed by atoms with Gasteiger partial charge in [-0.25, -0.2) is 17.9 Å². The van der Waals surface area contributed by atoms with Crippen molar-refractivity contribution in [2.45, 2.75) is 42.4 Å². The van der Waals surface area contributed by atoms with E-state index in [0.717, 1.165) is 12.8 Å². The number of carboxylic acid groups (broad SMARTS) is 1. The van der Waals surface area contributed by atoms with Crippen LogP contribution in [0.5, 0.6) is 0 Å². The third kappa shape index (κ3) is 3.81. The topological polar surface area (TPSA) is 88.4 Å². The predicted molar refractivity (Wildman–Crippen MR) is 82.4 cm³/mol. The van der Waals surface area contributed by atoms with E-state index >= 15 is 0 Å². The smallest absolute Gasteiger partial charge is 0.352 e. The molecule has 1 aromatic rings. The molecule has 6 nitrogen and oxygen atoms in total. The summed E-state index contributed by atoms with van der Waals surface area (Å²) in [5.74, 6) is -1.10. The van der Waals surface area contributed by atoms with E-state index in [1.54, 1.807) is 16.3 Å². The van der Waals surface area contributed by atoms with Gasteiger partial charge in [0.1, 0.15) is 10.6 Å². The summed E-state index contributed by atoms with van der Waals surface area (Å²) in [4.78, 5) is 11.2. The van der Waals surface area contributed by atoms with Crippen LogP contribution in [0.4, 0.5) is 0 Å². The molecule has 0 aliphatic heterocycles. The molecule has 2 N–H and O–H groups in total. The number of carboxylic acids is 1. The van der Waals surface area contributed by atoms with Crippen LogP contribution < -0.4 is 4.72 Å². The lowest BCUT2D eigenvalue weighted by molar-refractivity contribution is 0.0685. The zero-order valence-electron chi connectivity index (χ0n) is 12.3. The van der Waals surface area contributed by atoms with Crippen molar-refractivity contribution in [3.05, 3.63) is 18.0 Å². The van der Waals surface area contributed by atoms with Gasteiger partial charge in [0.15, 0.2) is 0 Å². The number of nitrogens with zero attached hydrogens (tertiary/aromatic N) is 1. The van der Waals surface area contributed by atoms with E-state index < -0.39 is 16.0 Å². The van der Waals surface area contributed by atoms with Gasteiger partial charge in [-0.2, -0.15) is 11.8 Å². The van der Waals surface area contributed by atoms with Crippen LogP contribution in [0.15, 0.2) is 17.2 Å². The van der Waals surface area contributed by atoms with Crippen LogP contribution in [0, 0.1) is 0 Å². The summed E-state index contributed by atoms with van der Waals surface area (Å²) in [6.07, 6.45) is 5.12. The summed E-state index contributed by atoms with van der Waals surface area (Å²) in [5.41, 5.74) is 0.0296. The minimum atomic E-state index is -3.69. The van der Waals surface area contributed by atoms with Crippen molar-refractivity contribution in [1.29, 1.82) is 0 Å². The van der Waals surface area contributed by atoms with Gasteiger partial charge in [-0.1, -0.05) is 0 Å². The largest absolute Gasteiger partial charge is 0.477 e. The molecule has 1 aliphatic rings. The third-order valence-corrected chi connectivity index (χ3v) is 6.15. The highest BCUT2D eigenvalue weighted by atomic mass is 32.2. The molecule has 0 bridgehead atoms. The average molecular weight is 332 g/mol. The molecule has 0 amide bonds. The molecule has 0 spiro atoms. The van der Waals surface area contributed by atoms with Gasteiger partial charge in [0.2, 0.25) is 10.0 Å². The second-order valence-electron chi connectivity index (χ2n) is 5.79. The van der Waals surface area contributed by atoms with Crippen molar-refractivity contribution in [2.24, 2.45) is 0 Å². The number of rotatable bonds is 7. The SMILES string of the molecule is CSC(C)(C)CNS(=O)(=O)c1cc(C(=O)O)n(C2CC2)c1. The lowest BCUT2D eigenvalue weighted by Crippen LogP contribution is -2.35. The fourth-order valence-electron chi connectivity index (χ4n) is 1.85. The van der Waals surface area contributed by atoms with Gasteiger partial charge in [0.25, 0.3) is 0 Å². The molecule has 0 saturated heterocycles. The zero-order chi connectivity index (χ0) is 15.8. The number of aromatic nitrogens is 1. The lowest BCUT2D eigenvalue weighted by atomic mass is 10.2. The molecular formula is C13H20N2O4S2. The van der Waals surface area contributed by atoms with Gasteiger partial charge in [-0.15, -0.1) is 0 Å². The van der Waals surface area contributed by atoms with E-state index in [1.807, 2.05) is 20.1 Å². The molecule has 1 aliphatic carbocycles. The highest BCUT2D eigenvalue weighted by molar-refractivity contribution is 8.00. The Morgan fingerprint density at radius 1 is 1.52 bits per heavy atom. The Balaban J connectivity index is 2.24. The van der Waals surface area contributed by atoms with E-state index in [2.05, 4.69) is 4.72 Å². The number of nitrogens with one attached hydrogen (secondary N) is 1. The minimum absolute atomic E-state index is 0.0173. The van der Waals surface area contributed by atoms with Crippen molar-refractivity contribution >= 4 is 27.8 Å². The molecule has 0 atom stereocenters. The van der Waals surface area contributed by atoms with Crippen molar-refractivity contribution in [3.8, 4) is 0 Å². The Hall–Kier alpha value is -0.990. The van der Waals surface area contributed by atoms with Crippen LogP contribution in [-0.4, -0.2) is 41.6 Å². The van der Waals surface area contributed by atoms with Gasteiger partial charge in [-0.05, 0) is 39.0 Å². The van der Waals surface area contributed by atoms with Gasteiger partial charge in [-0.3, -0.25) is 0 Å². The number of hydrogen-bond donors (Lipinski definition) is 2. The maximum atomic E-state index is 12.3. The highest BCUT2D eigenvalue weighted by Gasteiger charge is 2.31. The lowest BCUT2D eigenvalue weighted by Gasteiger charge is -2.21. The second-order valence-corrected chi connectivity index (χ2v) is 9.07. The van der Waals surface area contributed by atoms with E-state index in [9.17, 15) is 18.3 Å². The molecule has 1 aromatic heterocycles. The van der Waals surface area contributed by atoms with Crippen LogP contribution >= 0.6 is 11.8 Å². The molecular weight excluding hydrogens is 312 g/mol. The Morgan fingerprint density at radius 2 is 2.14 bits per heavy atom. The molecule has 0 unspecified atom stereocenters. The molecule has 1 fully saturated rings. The Morgan fingerprint density at radius 3 is 2.62 bits per heavy atom. The number of carbonyl (C=O) groups is 1. The third-order valence-electron chi connectivity index (χ3n) is 3.53. The normalized spacial score (nSPS) is 16.1. The van der Waals surface area contributed by atoms with Crippen LogP contribution in [0.3, 0.4) is 0 Å². The Labute approximate surface area is 129 Å². The summed E-state index contributed by atoms with van der Waals surface area (Å²) in [6.45, 7) is 4.17. The predicted octanol–water partition coefficient (Wildman–Crippen LogP) is 1.94. The first-order chi connectivity index (χ1) is 9.66. The fraction of sp³-hybridized carbons (Fsp3) is 0.615. The first kappa shape index (κ1) is 16.4. The maximum Gasteiger partial charge on any atom is 0.352 e. The number of aromatic carboxylic acids is 1. The quantitative estimate of drug-likeness (QED) is 0.796. The van der Waals surface area contributed by atoms with Crippen LogP contribution in [-0.2, 0) is 10.0 Å². The van der Waals surface area contributed by atoms with Gasteiger partial charge >= 0.3 is 5.97 Å². The van der Waals surface area contributed by atoms with Crippen LogP contribution in [0.1, 0.15) is 43.2 Å². The summed E-state index contributed by atoms with van der Waals surface area (Å²) >= 11 is 1.56. The summed E-state index contributed by atoms with van der Waals surface area (Å²) < 4.78 is 28.5. The van der Waals surface area contributed by atoms with Gasteiger partial charge in [0, 0.05) is 23.5 Å². The van der Waals surface area contributed by atoms with E-state index in [1.165, 1.54) is 12.3 Å². The van der Waals surface area contributed by atoms with Crippen LogP contribution in [0.2, 0.25) is 0 Å². The van der Waals surface area contributed by atoms with Crippen molar-refractivity contribution < 1.29 is 18.3 Å². The van der Waals surface area contributed by atoms with E-state index in [-0.39, 0.29) is 27.9 Å². The monoisotopic (exact) mass is 332 g/mol. The molecule has 118 valence electrons. The Bertz CT molecular complexity index is 645. The minimum Gasteiger partial charge on any atom is -0.477 e. The number of sulfonamides is 1. The summed E-state index contributed by atoms with van der Waals surface area (Å²) in [6, 6.07) is 1.34. The Kier molecular flexibility index (Phi) is 4.41. The fourth-order valence-corrected chi connectivity index (χ4v) is 3.40. The summed E-state index contributed by atoms with van der Waals surface area (Å²) in [5, 5.41) is 9.18. The second kappa shape index (κ2) is 5.66. The molecule has 2 rings (SSSR count). The first-order valence-electron chi connectivity index (χ1n) is 6.66. The number of hydrogen-bond acceptors (Lipinski definition) is 4. The van der Waals surface area contributed by atoms with Crippen molar-refractivity contribution in [3.63, 3.8) is 0 Å². The zero-order valence-corrected chi connectivity index (χ0v) is 13.9. The van der Waals surface area contributed by atoms with Crippen molar-refractivity contribution in [2.75, 3.05) is 12.8 Å². The molecule has 0 radical (unpaired) electrons. The molecule has 21 heavy (non-hydrogen) atoms. The van der Waals surface area contributed by atoms with Gasteiger partial charge < -0.3 is 9.67 Å². The molecule has 1 saturated carbocycles. The number of thioether (sulfide) groups is 1. The van der Waals surface area contributed by atoms with E-state index in [4.69, 9.17) is 0 Å².